The van der Waals surface area contributed by atoms with Crippen molar-refractivity contribution in [1.82, 2.24) is 4.98 Å². The van der Waals surface area contributed by atoms with Crippen LogP contribution in [0.15, 0.2) is 36.5 Å². The first-order valence-corrected chi connectivity index (χ1v) is 5.99. The van der Waals surface area contributed by atoms with Crippen LogP contribution in [-0.2, 0) is 12.7 Å². The van der Waals surface area contributed by atoms with Gasteiger partial charge >= 0.3 is 6.18 Å². The fourth-order valence-electron chi connectivity index (χ4n) is 1.87. The number of benzene rings is 1. The smallest absolute Gasteiger partial charge is 0.396 e. The van der Waals surface area contributed by atoms with Crippen LogP contribution in [0.4, 0.5) is 24.7 Å². The van der Waals surface area contributed by atoms with E-state index in [9.17, 15) is 13.2 Å². The van der Waals surface area contributed by atoms with Gasteiger partial charge in [-0.3, -0.25) is 0 Å². The summed E-state index contributed by atoms with van der Waals surface area (Å²) in [6.45, 7) is 1.85. The minimum Gasteiger partial charge on any atom is -0.396 e. The predicted octanol–water partition coefficient (Wildman–Crippen LogP) is 3.60. The van der Waals surface area contributed by atoms with Gasteiger partial charge in [0.2, 0.25) is 0 Å². The zero-order chi connectivity index (χ0) is 14.8. The summed E-state index contributed by atoms with van der Waals surface area (Å²) in [4.78, 5) is 4.07. The Morgan fingerprint density at radius 1 is 1.25 bits per heavy atom. The van der Waals surface area contributed by atoms with Crippen LogP contribution < -0.4 is 11.1 Å². The number of alkyl halides is 3. The lowest BCUT2D eigenvalue weighted by molar-refractivity contribution is -0.138. The number of rotatable bonds is 3. The molecule has 6 heteroatoms. The number of pyridine rings is 1. The predicted molar refractivity (Wildman–Crippen MR) is 72.2 cm³/mol. The van der Waals surface area contributed by atoms with Gasteiger partial charge in [0.1, 0.15) is 5.82 Å². The summed E-state index contributed by atoms with van der Waals surface area (Å²) in [5, 5.41) is 2.83. The quantitative estimate of drug-likeness (QED) is 0.903. The van der Waals surface area contributed by atoms with Crippen molar-refractivity contribution in [2.24, 2.45) is 0 Å². The van der Waals surface area contributed by atoms with E-state index in [1.54, 1.807) is 18.3 Å². The molecule has 0 fully saturated rings. The van der Waals surface area contributed by atoms with E-state index in [1.807, 2.05) is 6.92 Å². The summed E-state index contributed by atoms with van der Waals surface area (Å²) in [5.41, 5.74) is 6.57. The fourth-order valence-corrected chi connectivity index (χ4v) is 1.87. The van der Waals surface area contributed by atoms with E-state index in [0.29, 0.717) is 11.5 Å². The molecular formula is C14H14F3N3. The maximum atomic E-state index is 12.8. The highest BCUT2D eigenvalue weighted by Gasteiger charge is 2.32. The van der Waals surface area contributed by atoms with Crippen LogP contribution in [0.3, 0.4) is 0 Å². The van der Waals surface area contributed by atoms with E-state index in [2.05, 4.69) is 10.3 Å². The number of nitrogens with one attached hydrogen (secondary N) is 1. The fraction of sp³-hybridized carbons (Fsp3) is 0.214. The van der Waals surface area contributed by atoms with Gasteiger partial charge in [-0.25, -0.2) is 4.98 Å². The number of hydrogen-bond acceptors (Lipinski definition) is 3. The van der Waals surface area contributed by atoms with E-state index >= 15 is 0 Å². The van der Waals surface area contributed by atoms with Crippen LogP contribution >= 0.6 is 0 Å². The maximum absolute atomic E-state index is 12.8. The first kappa shape index (κ1) is 14.2. The molecule has 0 amide bonds. The van der Waals surface area contributed by atoms with Gasteiger partial charge in [-0.05, 0) is 30.2 Å². The Labute approximate surface area is 114 Å². The van der Waals surface area contributed by atoms with E-state index in [4.69, 9.17) is 5.73 Å². The standard InChI is InChI=1S/C14H14F3N3/c1-9-6-12(18)13(19-7-9)20-8-10-4-2-3-5-11(10)14(15,16)17/h2-7H,8,18H2,1H3,(H,19,20). The molecule has 3 N–H and O–H groups in total. The van der Waals surface area contributed by atoms with Crippen molar-refractivity contribution >= 4 is 11.5 Å². The van der Waals surface area contributed by atoms with Crippen molar-refractivity contribution < 1.29 is 13.2 Å². The second-order valence-electron chi connectivity index (χ2n) is 4.46. The Morgan fingerprint density at radius 2 is 1.95 bits per heavy atom. The molecule has 2 aromatic rings. The normalized spacial score (nSPS) is 11.4. The summed E-state index contributed by atoms with van der Waals surface area (Å²) in [5.74, 6) is 0.382. The molecule has 0 aliphatic heterocycles. The number of aryl methyl sites for hydroxylation is 1. The molecule has 0 bridgehead atoms. The summed E-state index contributed by atoms with van der Waals surface area (Å²) < 4.78 is 38.5. The molecule has 1 heterocycles. The highest BCUT2D eigenvalue weighted by molar-refractivity contribution is 5.61. The third-order valence-corrected chi connectivity index (χ3v) is 2.82. The molecule has 20 heavy (non-hydrogen) atoms. The van der Waals surface area contributed by atoms with Crippen molar-refractivity contribution in [1.29, 1.82) is 0 Å². The minimum absolute atomic E-state index is 0.00987. The van der Waals surface area contributed by atoms with Gasteiger partial charge in [-0.1, -0.05) is 18.2 Å². The topological polar surface area (TPSA) is 50.9 Å². The van der Waals surface area contributed by atoms with E-state index in [0.717, 1.165) is 11.6 Å². The summed E-state index contributed by atoms with van der Waals surface area (Å²) in [7, 11) is 0. The molecule has 2 rings (SSSR count). The lowest BCUT2D eigenvalue weighted by Crippen LogP contribution is -2.12. The Kier molecular flexibility index (Phi) is 3.83. The molecule has 1 aromatic carbocycles. The van der Waals surface area contributed by atoms with E-state index in [-0.39, 0.29) is 12.1 Å². The molecule has 0 radical (unpaired) electrons. The lowest BCUT2D eigenvalue weighted by Gasteiger charge is -2.14. The number of nitrogens with two attached hydrogens (primary N) is 1. The van der Waals surface area contributed by atoms with Crippen molar-refractivity contribution in [3.8, 4) is 0 Å². The van der Waals surface area contributed by atoms with Gasteiger partial charge in [0.15, 0.2) is 0 Å². The highest BCUT2D eigenvalue weighted by atomic mass is 19.4. The number of nitrogen functional groups attached to an aromatic ring is 1. The van der Waals surface area contributed by atoms with Crippen LogP contribution in [0.2, 0.25) is 0 Å². The zero-order valence-corrected chi connectivity index (χ0v) is 10.8. The molecule has 0 atom stereocenters. The molecule has 1 aromatic heterocycles. The van der Waals surface area contributed by atoms with Crippen LogP contribution in [0.5, 0.6) is 0 Å². The van der Waals surface area contributed by atoms with Crippen LogP contribution in [0, 0.1) is 6.92 Å². The van der Waals surface area contributed by atoms with Gasteiger partial charge in [0.05, 0.1) is 11.3 Å². The maximum Gasteiger partial charge on any atom is 0.416 e. The first-order chi connectivity index (χ1) is 9.38. The molecule has 3 nitrogen and oxygen atoms in total. The average Bonchev–Trinajstić information content (AvgIpc) is 2.37. The average molecular weight is 281 g/mol. The van der Waals surface area contributed by atoms with Gasteiger partial charge in [-0.2, -0.15) is 13.2 Å². The SMILES string of the molecule is Cc1cnc(NCc2ccccc2C(F)(F)F)c(N)c1. The molecule has 0 spiro atoms. The highest BCUT2D eigenvalue weighted by Crippen LogP contribution is 2.32. The summed E-state index contributed by atoms with van der Waals surface area (Å²) in [6, 6.07) is 7.14. The molecule has 0 saturated carbocycles. The van der Waals surface area contributed by atoms with Crippen LogP contribution in [-0.4, -0.2) is 4.98 Å². The van der Waals surface area contributed by atoms with E-state index in [1.165, 1.54) is 12.1 Å². The van der Waals surface area contributed by atoms with Crippen LogP contribution in [0.1, 0.15) is 16.7 Å². The van der Waals surface area contributed by atoms with Gasteiger partial charge in [0, 0.05) is 12.7 Å². The van der Waals surface area contributed by atoms with Crippen molar-refractivity contribution in [3.05, 3.63) is 53.2 Å². The molecule has 0 aliphatic carbocycles. The summed E-state index contributed by atoms with van der Waals surface area (Å²) >= 11 is 0. The second-order valence-corrected chi connectivity index (χ2v) is 4.46. The van der Waals surface area contributed by atoms with Gasteiger partial charge in [-0.15, -0.1) is 0 Å². The van der Waals surface area contributed by atoms with Gasteiger partial charge in [0.25, 0.3) is 0 Å². The third kappa shape index (κ3) is 3.20. The number of anilines is 2. The minimum atomic E-state index is -4.37. The zero-order valence-electron chi connectivity index (χ0n) is 10.8. The van der Waals surface area contributed by atoms with Gasteiger partial charge < -0.3 is 11.1 Å². The number of nitrogens with zero attached hydrogens (tertiary/aromatic N) is 1. The molecule has 0 saturated heterocycles. The second kappa shape index (κ2) is 5.40. The number of aromatic nitrogens is 1. The molecule has 0 aliphatic rings. The first-order valence-electron chi connectivity index (χ1n) is 5.99. The van der Waals surface area contributed by atoms with Crippen LogP contribution in [0.25, 0.3) is 0 Å². The third-order valence-electron chi connectivity index (χ3n) is 2.82. The Balaban J connectivity index is 2.19. The molecule has 106 valence electrons. The Hall–Kier alpha value is -2.24. The lowest BCUT2D eigenvalue weighted by atomic mass is 10.1. The monoisotopic (exact) mass is 281 g/mol. The number of hydrogen-bond donors (Lipinski definition) is 2. The Morgan fingerprint density at radius 3 is 2.60 bits per heavy atom. The summed E-state index contributed by atoms with van der Waals surface area (Å²) in [6.07, 6.45) is -2.77. The van der Waals surface area contributed by atoms with Crippen molar-refractivity contribution in [2.75, 3.05) is 11.1 Å². The van der Waals surface area contributed by atoms with Crippen molar-refractivity contribution in [3.63, 3.8) is 0 Å². The Bertz CT molecular complexity index is 609. The largest absolute Gasteiger partial charge is 0.416 e. The molecular weight excluding hydrogens is 267 g/mol. The van der Waals surface area contributed by atoms with E-state index < -0.39 is 11.7 Å². The van der Waals surface area contributed by atoms with Crippen molar-refractivity contribution in [2.45, 2.75) is 19.6 Å². The number of halogens is 3. The molecule has 0 unspecified atom stereocenters.